The number of sulfonamides is 1. The molecule has 0 aliphatic rings. The Morgan fingerprint density at radius 3 is 2.07 bits per heavy atom. The highest BCUT2D eigenvalue weighted by molar-refractivity contribution is 7.92. The predicted molar refractivity (Wildman–Crippen MR) is 115 cm³/mol. The maximum absolute atomic E-state index is 12.9. The first-order valence-corrected chi connectivity index (χ1v) is 11.2. The summed E-state index contributed by atoms with van der Waals surface area (Å²) in [7, 11) is -3.64. The number of rotatable bonds is 6. The minimum Gasteiger partial charge on any atom is -0.348 e. The molecule has 28 heavy (non-hydrogen) atoms. The quantitative estimate of drug-likeness (QED) is 0.795. The largest absolute Gasteiger partial charge is 0.348 e. The van der Waals surface area contributed by atoms with E-state index in [0.717, 1.165) is 34.1 Å². The zero-order valence-corrected chi connectivity index (χ0v) is 18.5. The number of carbonyl (C=O) groups is 1. The number of aryl methyl sites for hydroxylation is 4. The average molecular weight is 403 g/mol. The fourth-order valence-electron chi connectivity index (χ4n) is 3.46. The number of hydrogen-bond acceptors (Lipinski definition) is 3. The molecule has 0 fully saturated rings. The van der Waals surface area contributed by atoms with Crippen LogP contribution in [0.15, 0.2) is 36.4 Å². The zero-order chi connectivity index (χ0) is 21.2. The Morgan fingerprint density at radius 2 is 1.50 bits per heavy atom. The molecule has 6 heteroatoms. The van der Waals surface area contributed by atoms with Crippen LogP contribution in [-0.4, -0.2) is 26.6 Å². The smallest absolute Gasteiger partial charge is 0.244 e. The van der Waals surface area contributed by atoms with Crippen molar-refractivity contribution in [2.24, 2.45) is 0 Å². The van der Waals surface area contributed by atoms with Gasteiger partial charge in [-0.25, -0.2) is 8.42 Å². The standard InChI is InChI=1S/C22H30N2O3S/c1-14-9-11-20(17(4)12-14)18(5)23-22(25)19(6)24(28(7,26)27)21-13-15(2)8-10-16(21)3/h8-13,18-19H,1-7H3,(H,23,25)/t18-,19+/m0/s1. The summed E-state index contributed by atoms with van der Waals surface area (Å²) in [5.41, 5.74) is 5.54. The predicted octanol–water partition coefficient (Wildman–Crippen LogP) is 3.95. The molecular formula is C22H30N2O3S. The minimum atomic E-state index is -3.64. The first-order valence-electron chi connectivity index (χ1n) is 9.36. The third-order valence-electron chi connectivity index (χ3n) is 4.94. The van der Waals surface area contributed by atoms with Crippen LogP contribution < -0.4 is 9.62 Å². The molecule has 5 nitrogen and oxygen atoms in total. The molecule has 2 aromatic carbocycles. The van der Waals surface area contributed by atoms with Gasteiger partial charge >= 0.3 is 0 Å². The van der Waals surface area contributed by atoms with E-state index >= 15 is 0 Å². The van der Waals surface area contributed by atoms with Crippen molar-refractivity contribution in [3.63, 3.8) is 0 Å². The Labute approximate surface area is 168 Å². The second-order valence-corrected chi connectivity index (χ2v) is 9.47. The molecule has 1 amide bonds. The van der Waals surface area contributed by atoms with E-state index < -0.39 is 16.1 Å². The van der Waals surface area contributed by atoms with Crippen molar-refractivity contribution >= 4 is 21.6 Å². The van der Waals surface area contributed by atoms with Gasteiger partial charge in [0, 0.05) is 0 Å². The first kappa shape index (κ1) is 22.0. The average Bonchev–Trinajstić information content (AvgIpc) is 2.56. The van der Waals surface area contributed by atoms with Crippen LogP contribution in [0.4, 0.5) is 5.69 Å². The van der Waals surface area contributed by atoms with Crippen molar-refractivity contribution in [2.45, 2.75) is 53.6 Å². The van der Waals surface area contributed by atoms with Crippen LogP contribution in [0.2, 0.25) is 0 Å². The van der Waals surface area contributed by atoms with E-state index in [0.29, 0.717) is 5.69 Å². The molecule has 152 valence electrons. The molecular weight excluding hydrogens is 372 g/mol. The summed E-state index contributed by atoms with van der Waals surface area (Å²) >= 11 is 0. The van der Waals surface area contributed by atoms with Crippen LogP contribution in [0.1, 0.15) is 47.7 Å². The van der Waals surface area contributed by atoms with E-state index in [1.165, 1.54) is 4.31 Å². The molecule has 2 rings (SSSR count). The van der Waals surface area contributed by atoms with Gasteiger partial charge in [-0.3, -0.25) is 9.10 Å². The summed E-state index contributed by atoms with van der Waals surface area (Å²) in [6.07, 6.45) is 1.13. The fraction of sp³-hybridized carbons (Fsp3) is 0.409. The van der Waals surface area contributed by atoms with Crippen molar-refractivity contribution in [2.75, 3.05) is 10.6 Å². The molecule has 2 atom stereocenters. The number of nitrogens with one attached hydrogen (secondary N) is 1. The zero-order valence-electron chi connectivity index (χ0n) is 17.7. The van der Waals surface area contributed by atoms with E-state index in [1.54, 1.807) is 13.0 Å². The van der Waals surface area contributed by atoms with E-state index in [2.05, 4.69) is 11.4 Å². The Balaban J connectivity index is 2.33. The Hall–Kier alpha value is -2.34. The van der Waals surface area contributed by atoms with Gasteiger partial charge in [-0.15, -0.1) is 0 Å². The van der Waals surface area contributed by atoms with E-state index in [1.807, 2.05) is 58.9 Å². The highest BCUT2D eigenvalue weighted by Gasteiger charge is 2.31. The van der Waals surface area contributed by atoms with Gasteiger partial charge in [0.2, 0.25) is 15.9 Å². The summed E-state index contributed by atoms with van der Waals surface area (Å²) in [6, 6.07) is 10.6. The van der Waals surface area contributed by atoms with Gasteiger partial charge in [-0.05, 0) is 69.9 Å². The van der Waals surface area contributed by atoms with Crippen LogP contribution in [-0.2, 0) is 14.8 Å². The van der Waals surface area contributed by atoms with Gasteiger partial charge in [-0.2, -0.15) is 0 Å². The lowest BCUT2D eigenvalue weighted by Crippen LogP contribution is -2.48. The Bertz CT molecular complexity index is 983. The van der Waals surface area contributed by atoms with Crippen molar-refractivity contribution in [3.8, 4) is 0 Å². The van der Waals surface area contributed by atoms with Gasteiger partial charge in [-0.1, -0.05) is 35.9 Å². The lowest BCUT2D eigenvalue weighted by atomic mass is 10.00. The molecule has 0 aromatic heterocycles. The molecule has 0 radical (unpaired) electrons. The van der Waals surface area contributed by atoms with Gasteiger partial charge in [0.25, 0.3) is 0 Å². The molecule has 0 saturated carbocycles. The number of anilines is 1. The number of carbonyl (C=O) groups excluding carboxylic acids is 1. The lowest BCUT2D eigenvalue weighted by molar-refractivity contribution is -0.122. The highest BCUT2D eigenvalue weighted by atomic mass is 32.2. The molecule has 0 saturated heterocycles. The molecule has 1 N–H and O–H groups in total. The number of amides is 1. The van der Waals surface area contributed by atoms with Crippen LogP contribution in [0.5, 0.6) is 0 Å². The molecule has 0 aliphatic heterocycles. The number of benzene rings is 2. The van der Waals surface area contributed by atoms with E-state index in [9.17, 15) is 13.2 Å². The lowest BCUT2D eigenvalue weighted by Gasteiger charge is -2.31. The number of nitrogens with zero attached hydrogens (tertiary/aromatic N) is 1. The molecule has 0 heterocycles. The van der Waals surface area contributed by atoms with Crippen LogP contribution in [0.3, 0.4) is 0 Å². The third-order valence-corrected chi connectivity index (χ3v) is 6.17. The topological polar surface area (TPSA) is 66.5 Å². The van der Waals surface area contributed by atoms with Crippen molar-refractivity contribution in [1.29, 1.82) is 0 Å². The van der Waals surface area contributed by atoms with Crippen LogP contribution >= 0.6 is 0 Å². The summed E-state index contributed by atoms with van der Waals surface area (Å²) < 4.78 is 26.3. The molecule has 0 bridgehead atoms. The van der Waals surface area contributed by atoms with E-state index in [4.69, 9.17) is 0 Å². The van der Waals surface area contributed by atoms with Crippen molar-refractivity contribution < 1.29 is 13.2 Å². The minimum absolute atomic E-state index is 0.226. The van der Waals surface area contributed by atoms with Crippen molar-refractivity contribution in [1.82, 2.24) is 5.32 Å². The van der Waals surface area contributed by atoms with Gasteiger partial charge in [0.15, 0.2) is 0 Å². The van der Waals surface area contributed by atoms with Crippen molar-refractivity contribution in [3.05, 3.63) is 64.2 Å². The third kappa shape index (κ3) is 4.93. The molecule has 0 spiro atoms. The Morgan fingerprint density at radius 1 is 0.929 bits per heavy atom. The van der Waals surface area contributed by atoms with Gasteiger partial charge in [0.05, 0.1) is 18.0 Å². The normalized spacial score (nSPS) is 13.7. The molecule has 0 unspecified atom stereocenters. The van der Waals surface area contributed by atoms with Crippen LogP contribution in [0.25, 0.3) is 0 Å². The second kappa shape index (κ2) is 8.35. The summed E-state index contributed by atoms with van der Waals surface area (Å²) in [4.78, 5) is 12.9. The molecule has 0 aliphatic carbocycles. The maximum Gasteiger partial charge on any atom is 0.244 e. The fourth-order valence-corrected chi connectivity index (χ4v) is 4.69. The summed E-state index contributed by atoms with van der Waals surface area (Å²) in [6.45, 7) is 11.3. The highest BCUT2D eigenvalue weighted by Crippen LogP contribution is 2.27. The monoisotopic (exact) mass is 402 g/mol. The summed E-state index contributed by atoms with van der Waals surface area (Å²) in [5.74, 6) is -0.334. The van der Waals surface area contributed by atoms with E-state index in [-0.39, 0.29) is 11.9 Å². The van der Waals surface area contributed by atoms with Gasteiger partial charge in [0.1, 0.15) is 6.04 Å². The molecule has 2 aromatic rings. The Kier molecular flexibility index (Phi) is 6.55. The van der Waals surface area contributed by atoms with Gasteiger partial charge < -0.3 is 5.32 Å². The second-order valence-electron chi connectivity index (χ2n) is 7.62. The SMILES string of the molecule is Cc1ccc([C@H](C)NC(=O)[C@@H](C)N(c2cc(C)ccc2C)S(C)(=O)=O)c(C)c1. The first-order chi connectivity index (χ1) is 12.9. The summed E-state index contributed by atoms with van der Waals surface area (Å²) in [5, 5.41) is 2.97. The maximum atomic E-state index is 12.9. The van der Waals surface area contributed by atoms with Crippen LogP contribution in [0, 0.1) is 27.7 Å². The number of hydrogen-bond donors (Lipinski definition) is 1.